The number of nitrogens with zero attached hydrogens (tertiary/aromatic N) is 1. The van der Waals surface area contributed by atoms with E-state index >= 15 is 0 Å². The molecular weight excluding hydrogens is 208 g/mol. The molecule has 1 unspecified atom stereocenters. The molecule has 0 aliphatic heterocycles. The first-order valence-electron chi connectivity index (χ1n) is 6.52. The lowest BCUT2D eigenvalue weighted by atomic mass is 9.97. The van der Waals surface area contributed by atoms with Crippen LogP contribution in [-0.2, 0) is 0 Å². The van der Waals surface area contributed by atoms with Crippen LogP contribution in [-0.4, -0.2) is 32.1 Å². The number of nitrogens with one attached hydrogen (secondary N) is 1. The molecule has 0 spiro atoms. The number of likely N-dealkylation sites (N-methyl/N-ethyl adjacent to an activating group) is 1. The van der Waals surface area contributed by atoms with Gasteiger partial charge in [-0.05, 0) is 32.0 Å². The van der Waals surface area contributed by atoms with Crippen LogP contribution in [0, 0.1) is 5.92 Å². The van der Waals surface area contributed by atoms with E-state index in [1.807, 2.05) is 0 Å². The molecule has 96 valence electrons. The maximum absolute atomic E-state index is 3.66. The van der Waals surface area contributed by atoms with Crippen molar-refractivity contribution in [3.63, 3.8) is 0 Å². The molecule has 0 saturated heterocycles. The van der Waals surface area contributed by atoms with Gasteiger partial charge in [-0.2, -0.15) is 0 Å². The standard InChI is InChI=1S/C15H26N2/c1-13(2)12-15(16-10-11-17(3)4)14-8-6-5-7-9-14/h5-9,13,15-16H,10-12H2,1-4H3. The first-order chi connectivity index (χ1) is 8.09. The molecule has 0 radical (unpaired) electrons. The third-order valence-corrected chi connectivity index (χ3v) is 2.86. The molecule has 0 fully saturated rings. The highest BCUT2D eigenvalue weighted by Gasteiger charge is 2.12. The van der Waals surface area contributed by atoms with Crippen molar-refractivity contribution in [2.75, 3.05) is 27.2 Å². The molecule has 0 aliphatic rings. The average Bonchev–Trinajstić information content (AvgIpc) is 2.28. The maximum Gasteiger partial charge on any atom is 0.0323 e. The van der Waals surface area contributed by atoms with E-state index in [1.54, 1.807) is 0 Å². The fourth-order valence-electron chi connectivity index (χ4n) is 1.96. The molecule has 0 amide bonds. The predicted octanol–water partition coefficient (Wildman–Crippen LogP) is 2.93. The topological polar surface area (TPSA) is 15.3 Å². The smallest absolute Gasteiger partial charge is 0.0323 e. The fraction of sp³-hybridized carbons (Fsp3) is 0.600. The lowest BCUT2D eigenvalue weighted by molar-refractivity contribution is 0.365. The first-order valence-corrected chi connectivity index (χ1v) is 6.52. The van der Waals surface area contributed by atoms with Crippen molar-refractivity contribution in [3.8, 4) is 0 Å². The zero-order valence-electron chi connectivity index (χ0n) is 11.6. The van der Waals surface area contributed by atoms with E-state index < -0.39 is 0 Å². The van der Waals surface area contributed by atoms with Crippen LogP contribution in [0.15, 0.2) is 30.3 Å². The summed E-state index contributed by atoms with van der Waals surface area (Å²) in [4.78, 5) is 2.21. The van der Waals surface area contributed by atoms with Crippen LogP contribution in [0.2, 0.25) is 0 Å². The molecule has 2 heteroatoms. The third-order valence-electron chi connectivity index (χ3n) is 2.86. The molecule has 1 rings (SSSR count). The van der Waals surface area contributed by atoms with Gasteiger partial charge in [-0.1, -0.05) is 44.2 Å². The second-order valence-corrected chi connectivity index (χ2v) is 5.35. The normalized spacial score (nSPS) is 13.3. The molecular formula is C15H26N2. The second-order valence-electron chi connectivity index (χ2n) is 5.35. The van der Waals surface area contributed by atoms with Crippen molar-refractivity contribution in [3.05, 3.63) is 35.9 Å². The minimum Gasteiger partial charge on any atom is -0.309 e. The van der Waals surface area contributed by atoms with Gasteiger partial charge in [-0.15, -0.1) is 0 Å². The molecule has 0 heterocycles. The Balaban J connectivity index is 2.55. The Morgan fingerprint density at radius 2 is 1.76 bits per heavy atom. The molecule has 1 atom stereocenters. The Kier molecular flexibility index (Phi) is 6.23. The summed E-state index contributed by atoms with van der Waals surface area (Å²) in [6.07, 6.45) is 1.19. The van der Waals surface area contributed by atoms with Crippen LogP contribution in [0.1, 0.15) is 31.9 Å². The molecule has 0 aromatic heterocycles. The van der Waals surface area contributed by atoms with Gasteiger partial charge in [-0.25, -0.2) is 0 Å². The van der Waals surface area contributed by atoms with Gasteiger partial charge in [0, 0.05) is 19.1 Å². The first kappa shape index (κ1) is 14.2. The van der Waals surface area contributed by atoms with Crippen LogP contribution in [0.5, 0.6) is 0 Å². The Bertz CT molecular complexity index is 293. The van der Waals surface area contributed by atoms with Crippen LogP contribution in [0.4, 0.5) is 0 Å². The summed E-state index contributed by atoms with van der Waals surface area (Å²) in [5.74, 6) is 0.715. The quantitative estimate of drug-likeness (QED) is 0.780. The molecule has 1 aromatic rings. The predicted molar refractivity (Wildman–Crippen MR) is 75.2 cm³/mol. The summed E-state index contributed by atoms with van der Waals surface area (Å²) in [6, 6.07) is 11.2. The van der Waals surface area contributed by atoms with Crippen molar-refractivity contribution in [1.29, 1.82) is 0 Å². The van der Waals surface area contributed by atoms with E-state index in [0.29, 0.717) is 12.0 Å². The van der Waals surface area contributed by atoms with Gasteiger partial charge in [0.25, 0.3) is 0 Å². The van der Waals surface area contributed by atoms with Crippen molar-refractivity contribution < 1.29 is 0 Å². The monoisotopic (exact) mass is 234 g/mol. The van der Waals surface area contributed by atoms with E-state index in [1.165, 1.54) is 12.0 Å². The van der Waals surface area contributed by atoms with Gasteiger partial charge in [0.1, 0.15) is 0 Å². The van der Waals surface area contributed by atoms with Gasteiger partial charge in [-0.3, -0.25) is 0 Å². The highest BCUT2D eigenvalue weighted by molar-refractivity contribution is 5.18. The van der Waals surface area contributed by atoms with Crippen LogP contribution < -0.4 is 5.32 Å². The lowest BCUT2D eigenvalue weighted by Gasteiger charge is -2.22. The summed E-state index contributed by atoms with van der Waals surface area (Å²) in [6.45, 7) is 6.69. The van der Waals surface area contributed by atoms with Crippen molar-refractivity contribution in [1.82, 2.24) is 10.2 Å². The summed E-state index contributed by atoms with van der Waals surface area (Å²) >= 11 is 0. The van der Waals surface area contributed by atoms with E-state index in [2.05, 4.69) is 68.5 Å². The number of hydrogen-bond acceptors (Lipinski definition) is 2. The maximum atomic E-state index is 3.66. The Morgan fingerprint density at radius 1 is 1.12 bits per heavy atom. The third kappa shape index (κ3) is 5.85. The highest BCUT2D eigenvalue weighted by atomic mass is 15.1. The van der Waals surface area contributed by atoms with Crippen LogP contribution >= 0.6 is 0 Å². The molecule has 2 nitrogen and oxygen atoms in total. The Labute approximate surface area is 106 Å². The van der Waals surface area contributed by atoms with Gasteiger partial charge in [0.2, 0.25) is 0 Å². The summed E-state index contributed by atoms with van der Waals surface area (Å²) in [5.41, 5.74) is 1.40. The van der Waals surface area contributed by atoms with E-state index in [4.69, 9.17) is 0 Å². The fourth-order valence-corrected chi connectivity index (χ4v) is 1.96. The molecule has 1 aromatic carbocycles. The molecule has 1 N–H and O–H groups in total. The van der Waals surface area contributed by atoms with Gasteiger partial charge < -0.3 is 10.2 Å². The van der Waals surface area contributed by atoms with Gasteiger partial charge >= 0.3 is 0 Å². The largest absolute Gasteiger partial charge is 0.309 e. The molecule has 0 aliphatic carbocycles. The van der Waals surface area contributed by atoms with Gasteiger partial charge in [0.15, 0.2) is 0 Å². The molecule has 17 heavy (non-hydrogen) atoms. The van der Waals surface area contributed by atoms with Crippen LogP contribution in [0.3, 0.4) is 0 Å². The van der Waals surface area contributed by atoms with E-state index in [-0.39, 0.29) is 0 Å². The minimum absolute atomic E-state index is 0.483. The molecule has 0 bridgehead atoms. The second kappa shape index (κ2) is 7.46. The van der Waals surface area contributed by atoms with E-state index in [0.717, 1.165) is 13.1 Å². The zero-order valence-corrected chi connectivity index (χ0v) is 11.6. The SMILES string of the molecule is CC(C)CC(NCCN(C)C)c1ccccc1. The Hall–Kier alpha value is -0.860. The average molecular weight is 234 g/mol. The minimum atomic E-state index is 0.483. The number of benzene rings is 1. The zero-order chi connectivity index (χ0) is 12.7. The van der Waals surface area contributed by atoms with E-state index in [9.17, 15) is 0 Å². The highest BCUT2D eigenvalue weighted by Crippen LogP contribution is 2.20. The van der Waals surface area contributed by atoms with Crippen molar-refractivity contribution in [2.45, 2.75) is 26.3 Å². The number of rotatable bonds is 7. The summed E-state index contributed by atoms with van der Waals surface area (Å²) < 4.78 is 0. The van der Waals surface area contributed by atoms with Gasteiger partial charge in [0.05, 0.1) is 0 Å². The Morgan fingerprint density at radius 3 is 2.29 bits per heavy atom. The molecule has 0 saturated carbocycles. The lowest BCUT2D eigenvalue weighted by Crippen LogP contribution is -2.30. The number of hydrogen-bond donors (Lipinski definition) is 1. The summed E-state index contributed by atoms with van der Waals surface area (Å²) in [7, 11) is 4.23. The van der Waals surface area contributed by atoms with Crippen molar-refractivity contribution >= 4 is 0 Å². The van der Waals surface area contributed by atoms with Crippen LogP contribution in [0.25, 0.3) is 0 Å². The van der Waals surface area contributed by atoms with Crippen molar-refractivity contribution in [2.24, 2.45) is 5.92 Å². The summed E-state index contributed by atoms with van der Waals surface area (Å²) in [5, 5.41) is 3.66.